The zero-order valence-corrected chi connectivity index (χ0v) is 20.9. The second-order valence-corrected chi connectivity index (χ2v) is 11.7. The van der Waals surface area contributed by atoms with Crippen LogP contribution in [0, 0.1) is 11.7 Å². The summed E-state index contributed by atoms with van der Waals surface area (Å²) in [5.74, 6) is 1.42. The number of benzene rings is 2. The van der Waals surface area contributed by atoms with Crippen LogP contribution in [0.15, 0.2) is 53.2 Å². The highest BCUT2D eigenvalue weighted by atomic mass is 32.2. The number of imidazole rings is 1. The van der Waals surface area contributed by atoms with Gasteiger partial charge in [0.1, 0.15) is 23.0 Å². The molecule has 0 amide bonds. The number of furan rings is 1. The minimum Gasteiger partial charge on any atom is -0.455 e. The molecule has 1 saturated carbocycles. The maximum Gasteiger partial charge on any atom is 0.232 e. The summed E-state index contributed by atoms with van der Waals surface area (Å²) >= 11 is 0. The molecule has 2 aromatic heterocycles. The molecule has 2 aromatic carbocycles. The molecule has 0 radical (unpaired) electrons. The summed E-state index contributed by atoms with van der Waals surface area (Å²) in [5, 5.41) is 0.856. The van der Waals surface area contributed by atoms with E-state index in [2.05, 4.69) is 16.0 Å². The van der Waals surface area contributed by atoms with Gasteiger partial charge in [0, 0.05) is 49.2 Å². The molecule has 0 spiro atoms. The number of nitrogens with one attached hydrogen (secondary N) is 1. The Kier molecular flexibility index (Phi) is 5.84. The fourth-order valence-corrected chi connectivity index (χ4v) is 6.10. The van der Waals surface area contributed by atoms with E-state index in [0.29, 0.717) is 48.5 Å². The summed E-state index contributed by atoms with van der Waals surface area (Å²) in [6, 6.07) is 10.1. The summed E-state index contributed by atoms with van der Waals surface area (Å²) in [7, 11) is -3.53. The highest BCUT2D eigenvalue weighted by molar-refractivity contribution is 7.92. The molecule has 1 aliphatic carbocycles. The van der Waals surface area contributed by atoms with Crippen LogP contribution < -0.4 is 4.31 Å². The van der Waals surface area contributed by atoms with Crippen molar-refractivity contribution in [1.82, 2.24) is 9.97 Å². The van der Waals surface area contributed by atoms with Gasteiger partial charge in [-0.15, -0.1) is 0 Å². The first kappa shape index (κ1) is 23.2. The van der Waals surface area contributed by atoms with Crippen molar-refractivity contribution in [3.8, 4) is 22.7 Å². The van der Waals surface area contributed by atoms with E-state index in [1.807, 2.05) is 6.07 Å². The zero-order chi connectivity index (χ0) is 24.9. The molecule has 0 atom stereocenters. The van der Waals surface area contributed by atoms with Crippen LogP contribution >= 0.6 is 0 Å². The molecular weight excluding hydrogens is 481 g/mol. The number of fused-ring (bicyclic) bond motifs is 1. The molecule has 9 heteroatoms. The van der Waals surface area contributed by atoms with E-state index < -0.39 is 10.0 Å². The molecule has 0 unspecified atom stereocenters. The van der Waals surface area contributed by atoms with Crippen LogP contribution in [0.1, 0.15) is 37.2 Å². The third-order valence-electron chi connectivity index (χ3n) is 7.13. The molecule has 36 heavy (non-hydrogen) atoms. The summed E-state index contributed by atoms with van der Waals surface area (Å²) in [6.45, 7) is 1.73. The monoisotopic (exact) mass is 509 g/mol. The van der Waals surface area contributed by atoms with E-state index >= 15 is 0 Å². The summed E-state index contributed by atoms with van der Waals surface area (Å²) in [4.78, 5) is 7.64. The number of aromatic nitrogens is 2. The highest BCUT2D eigenvalue weighted by Gasteiger charge is 2.34. The smallest absolute Gasteiger partial charge is 0.232 e. The lowest BCUT2D eigenvalue weighted by atomic mass is 9.98. The highest BCUT2D eigenvalue weighted by Crippen LogP contribution is 2.49. The standard InChI is InChI=1S/C27H28FN3O4S/c1-36(32,33)31(16-17-8-12-34-13-9-17)23-15-24-22(14-21(23)18-2-3-18)25(27-29-10-11-30-27)26(35-24)19-4-6-20(28)7-5-19/h4-7,10-11,14-15,17-18H,2-3,8-9,12-13,16H2,1H3,(H,29,30). The lowest BCUT2D eigenvalue weighted by molar-refractivity contribution is 0.0691. The number of hydrogen-bond donors (Lipinski definition) is 1. The Morgan fingerprint density at radius 1 is 1.11 bits per heavy atom. The number of ether oxygens (including phenoxy) is 1. The van der Waals surface area contributed by atoms with Gasteiger partial charge in [-0.1, -0.05) is 0 Å². The Morgan fingerprint density at radius 2 is 1.86 bits per heavy atom. The quantitative estimate of drug-likeness (QED) is 0.345. The Hall–Kier alpha value is -3.17. The third-order valence-corrected chi connectivity index (χ3v) is 8.28. The Morgan fingerprint density at radius 3 is 2.50 bits per heavy atom. The van der Waals surface area contributed by atoms with E-state index in [4.69, 9.17) is 9.15 Å². The summed E-state index contributed by atoms with van der Waals surface area (Å²) in [6.07, 6.45) is 8.41. The number of H-pyrrole nitrogens is 1. The lowest BCUT2D eigenvalue weighted by Crippen LogP contribution is -2.37. The number of anilines is 1. The predicted molar refractivity (Wildman–Crippen MR) is 137 cm³/mol. The van der Waals surface area contributed by atoms with Crippen LogP contribution in [0.5, 0.6) is 0 Å². The van der Waals surface area contributed by atoms with Crippen LogP contribution in [0.4, 0.5) is 10.1 Å². The first-order chi connectivity index (χ1) is 17.4. The number of sulfonamides is 1. The molecule has 4 aromatic rings. The van der Waals surface area contributed by atoms with E-state index in [0.717, 1.165) is 47.8 Å². The third kappa shape index (κ3) is 4.41. The number of nitrogens with zero attached hydrogens (tertiary/aromatic N) is 2. The van der Waals surface area contributed by atoms with Crippen molar-refractivity contribution >= 4 is 26.7 Å². The van der Waals surface area contributed by atoms with Crippen LogP contribution in [0.3, 0.4) is 0 Å². The molecule has 2 aliphatic rings. The normalized spacial score (nSPS) is 17.1. The molecule has 2 fully saturated rings. The molecule has 7 nitrogen and oxygen atoms in total. The van der Waals surface area contributed by atoms with Crippen molar-refractivity contribution in [3.63, 3.8) is 0 Å². The number of hydrogen-bond acceptors (Lipinski definition) is 5. The van der Waals surface area contributed by atoms with Crippen molar-refractivity contribution < 1.29 is 22.0 Å². The van der Waals surface area contributed by atoms with Crippen molar-refractivity contribution in [3.05, 3.63) is 60.2 Å². The Labute approximate surface area is 209 Å². The van der Waals surface area contributed by atoms with Gasteiger partial charge in [0.15, 0.2) is 0 Å². The minimum atomic E-state index is -3.53. The van der Waals surface area contributed by atoms with Gasteiger partial charge < -0.3 is 14.1 Å². The summed E-state index contributed by atoms with van der Waals surface area (Å²) in [5.41, 5.74) is 3.77. The molecule has 6 rings (SSSR count). The maximum atomic E-state index is 13.7. The van der Waals surface area contributed by atoms with Crippen LogP contribution in [0.2, 0.25) is 0 Å². The molecule has 188 valence electrons. The lowest BCUT2D eigenvalue weighted by Gasteiger charge is -2.31. The average Bonchev–Trinajstić information content (AvgIpc) is 3.43. The van der Waals surface area contributed by atoms with Gasteiger partial charge in [-0.25, -0.2) is 17.8 Å². The average molecular weight is 510 g/mol. The topological polar surface area (TPSA) is 88.4 Å². The predicted octanol–water partition coefficient (Wildman–Crippen LogP) is 5.70. The SMILES string of the molecule is CS(=O)(=O)N(CC1CCOCC1)c1cc2oc(-c3ccc(F)cc3)c(-c3ncc[nH]3)c2cc1C1CC1. The number of rotatable bonds is 7. The van der Waals surface area contributed by atoms with Gasteiger partial charge in [-0.3, -0.25) is 4.31 Å². The van der Waals surface area contributed by atoms with E-state index in [1.54, 1.807) is 28.8 Å². The number of aromatic amines is 1. The molecule has 1 aliphatic heterocycles. The minimum absolute atomic E-state index is 0.237. The van der Waals surface area contributed by atoms with Crippen LogP contribution in [-0.2, 0) is 14.8 Å². The maximum absolute atomic E-state index is 13.7. The first-order valence-electron chi connectivity index (χ1n) is 12.3. The van der Waals surface area contributed by atoms with Gasteiger partial charge in [0.2, 0.25) is 10.0 Å². The fraction of sp³-hybridized carbons (Fsp3) is 0.370. The van der Waals surface area contributed by atoms with Crippen molar-refractivity contribution in [2.24, 2.45) is 5.92 Å². The van der Waals surface area contributed by atoms with E-state index in [9.17, 15) is 12.8 Å². The first-order valence-corrected chi connectivity index (χ1v) is 14.1. The van der Waals surface area contributed by atoms with Gasteiger partial charge in [0.25, 0.3) is 0 Å². The van der Waals surface area contributed by atoms with Crippen LogP contribution in [-0.4, -0.2) is 44.4 Å². The van der Waals surface area contributed by atoms with Gasteiger partial charge in [-0.2, -0.15) is 0 Å². The van der Waals surface area contributed by atoms with Crippen molar-refractivity contribution in [2.75, 3.05) is 30.3 Å². The molecule has 3 heterocycles. The molecular formula is C27H28FN3O4S. The fourth-order valence-electron chi connectivity index (χ4n) is 5.10. The van der Waals surface area contributed by atoms with E-state index in [-0.39, 0.29) is 11.7 Å². The largest absolute Gasteiger partial charge is 0.455 e. The number of halogens is 1. The zero-order valence-electron chi connectivity index (χ0n) is 20.0. The van der Waals surface area contributed by atoms with Crippen LogP contribution in [0.25, 0.3) is 33.7 Å². The van der Waals surface area contributed by atoms with Gasteiger partial charge in [0.05, 0.1) is 17.5 Å². The van der Waals surface area contributed by atoms with Crippen molar-refractivity contribution in [2.45, 2.75) is 31.6 Å². The van der Waals surface area contributed by atoms with Gasteiger partial charge >= 0.3 is 0 Å². The second-order valence-electron chi connectivity index (χ2n) is 9.78. The van der Waals surface area contributed by atoms with Crippen molar-refractivity contribution in [1.29, 1.82) is 0 Å². The van der Waals surface area contributed by atoms with Gasteiger partial charge in [-0.05, 0) is 73.4 Å². The molecule has 0 bridgehead atoms. The summed E-state index contributed by atoms with van der Waals surface area (Å²) < 4.78 is 53.2. The Bertz CT molecular complexity index is 1490. The second kappa shape index (κ2) is 9.05. The molecule has 1 saturated heterocycles. The van der Waals surface area contributed by atoms with E-state index in [1.165, 1.54) is 18.4 Å². The Balaban J connectivity index is 1.55. The molecule has 1 N–H and O–H groups in total.